The molecule has 0 atom stereocenters. The van der Waals surface area contributed by atoms with Crippen LogP contribution >= 0.6 is 0 Å². The molecule has 0 saturated heterocycles. The van der Waals surface area contributed by atoms with Gasteiger partial charge in [0.15, 0.2) is 11.5 Å². The molecule has 0 unspecified atom stereocenters. The molecule has 0 bridgehead atoms. The first-order chi connectivity index (χ1) is 8.04. The second-order valence-corrected chi connectivity index (χ2v) is 4.67. The van der Waals surface area contributed by atoms with Crippen LogP contribution < -0.4 is 11.1 Å². The van der Waals surface area contributed by atoms with Gasteiger partial charge in [0.25, 0.3) is 0 Å². The Morgan fingerprint density at radius 3 is 2.76 bits per heavy atom. The smallest absolute Gasteiger partial charge is 0.356 e. The molecule has 5 nitrogen and oxygen atoms in total. The summed E-state index contributed by atoms with van der Waals surface area (Å²) in [5, 5.41) is 3.30. The number of esters is 1. The molecule has 1 aromatic heterocycles. The minimum absolute atomic E-state index is 0.0515. The zero-order valence-corrected chi connectivity index (χ0v) is 10.1. The van der Waals surface area contributed by atoms with Crippen molar-refractivity contribution in [2.75, 3.05) is 18.2 Å². The molecule has 1 aliphatic rings. The van der Waals surface area contributed by atoms with Crippen molar-refractivity contribution in [2.45, 2.75) is 31.7 Å². The van der Waals surface area contributed by atoms with Crippen molar-refractivity contribution in [3.05, 3.63) is 17.8 Å². The Balaban J connectivity index is 2.23. The number of nitrogen functional groups attached to an aromatic ring is 1. The van der Waals surface area contributed by atoms with Crippen molar-refractivity contribution in [3.63, 3.8) is 0 Å². The third-order valence-corrected chi connectivity index (χ3v) is 3.20. The van der Waals surface area contributed by atoms with Gasteiger partial charge in [0, 0.05) is 5.54 Å². The van der Waals surface area contributed by atoms with Gasteiger partial charge < -0.3 is 15.8 Å². The fourth-order valence-corrected chi connectivity index (χ4v) is 1.91. The number of hydrogen-bond donors (Lipinski definition) is 2. The van der Waals surface area contributed by atoms with Gasteiger partial charge in [0.2, 0.25) is 0 Å². The summed E-state index contributed by atoms with van der Waals surface area (Å²) in [7, 11) is 1.33. The van der Waals surface area contributed by atoms with Gasteiger partial charge in [-0.15, -0.1) is 0 Å². The maximum Gasteiger partial charge on any atom is 0.356 e. The van der Waals surface area contributed by atoms with E-state index in [4.69, 9.17) is 5.73 Å². The largest absolute Gasteiger partial charge is 0.464 e. The third kappa shape index (κ3) is 2.33. The SMILES string of the molecule is COC(=O)c1ccc(N)c(NC2(C)CCC2)n1. The quantitative estimate of drug-likeness (QED) is 0.781. The number of methoxy groups -OCH3 is 1. The van der Waals surface area contributed by atoms with Gasteiger partial charge in [0.1, 0.15) is 0 Å². The monoisotopic (exact) mass is 235 g/mol. The summed E-state index contributed by atoms with van der Waals surface area (Å²) in [6.07, 6.45) is 3.40. The van der Waals surface area contributed by atoms with Gasteiger partial charge in [-0.25, -0.2) is 9.78 Å². The van der Waals surface area contributed by atoms with Crippen molar-refractivity contribution in [2.24, 2.45) is 0 Å². The van der Waals surface area contributed by atoms with E-state index < -0.39 is 5.97 Å². The van der Waals surface area contributed by atoms with E-state index in [2.05, 4.69) is 22.0 Å². The van der Waals surface area contributed by atoms with Crippen LogP contribution in [0.2, 0.25) is 0 Å². The highest BCUT2D eigenvalue weighted by molar-refractivity contribution is 5.88. The van der Waals surface area contributed by atoms with Crippen LogP contribution in [0.25, 0.3) is 0 Å². The topological polar surface area (TPSA) is 77.2 Å². The lowest BCUT2D eigenvalue weighted by molar-refractivity contribution is 0.0594. The average molecular weight is 235 g/mol. The normalized spacial score (nSPS) is 17.1. The Hall–Kier alpha value is -1.78. The lowest BCUT2D eigenvalue weighted by atomic mass is 9.78. The van der Waals surface area contributed by atoms with Crippen LogP contribution in [0.1, 0.15) is 36.7 Å². The van der Waals surface area contributed by atoms with E-state index in [0.717, 1.165) is 12.8 Å². The summed E-state index contributed by atoms with van der Waals surface area (Å²) < 4.78 is 4.63. The molecule has 3 N–H and O–H groups in total. The number of hydrogen-bond acceptors (Lipinski definition) is 5. The number of carbonyl (C=O) groups excluding carboxylic acids is 1. The summed E-state index contributed by atoms with van der Waals surface area (Å²) in [5.41, 5.74) is 6.71. The van der Waals surface area contributed by atoms with Crippen LogP contribution in [0.3, 0.4) is 0 Å². The van der Waals surface area contributed by atoms with Crippen LogP contribution in [0.15, 0.2) is 12.1 Å². The Kier molecular flexibility index (Phi) is 2.92. The molecule has 1 fully saturated rings. The first-order valence-electron chi connectivity index (χ1n) is 5.67. The van der Waals surface area contributed by atoms with E-state index in [1.165, 1.54) is 13.5 Å². The van der Waals surface area contributed by atoms with E-state index >= 15 is 0 Å². The maximum atomic E-state index is 11.4. The zero-order valence-electron chi connectivity index (χ0n) is 10.1. The fourth-order valence-electron chi connectivity index (χ4n) is 1.91. The molecular formula is C12H17N3O2. The van der Waals surface area contributed by atoms with Crippen molar-refractivity contribution < 1.29 is 9.53 Å². The average Bonchev–Trinajstić information content (AvgIpc) is 2.29. The highest BCUT2D eigenvalue weighted by Gasteiger charge is 2.32. The summed E-state index contributed by atoms with van der Waals surface area (Å²) in [6, 6.07) is 3.24. The summed E-state index contributed by atoms with van der Waals surface area (Å²) in [4.78, 5) is 15.6. The minimum Gasteiger partial charge on any atom is -0.464 e. The molecule has 5 heteroatoms. The number of anilines is 2. The molecule has 0 amide bonds. The molecule has 0 radical (unpaired) electrons. The lowest BCUT2D eigenvalue weighted by Gasteiger charge is -2.39. The molecule has 1 aliphatic carbocycles. The number of ether oxygens (including phenoxy) is 1. The highest BCUT2D eigenvalue weighted by Crippen LogP contribution is 2.35. The Morgan fingerprint density at radius 2 is 2.24 bits per heavy atom. The highest BCUT2D eigenvalue weighted by atomic mass is 16.5. The zero-order chi connectivity index (χ0) is 12.5. The van der Waals surface area contributed by atoms with Crippen LogP contribution in [-0.4, -0.2) is 23.6 Å². The van der Waals surface area contributed by atoms with E-state index in [1.54, 1.807) is 12.1 Å². The van der Waals surface area contributed by atoms with Crippen molar-refractivity contribution in [1.82, 2.24) is 4.98 Å². The van der Waals surface area contributed by atoms with Crippen LogP contribution in [0, 0.1) is 0 Å². The second-order valence-electron chi connectivity index (χ2n) is 4.67. The van der Waals surface area contributed by atoms with Crippen molar-refractivity contribution in [1.29, 1.82) is 0 Å². The summed E-state index contributed by atoms with van der Waals surface area (Å²) >= 11 is 0. The molecule has 0 aromatic carbocycles. The molecule has 1 aromatic rings. The first kappa shape index (κ1) is 11.7. The van der Waals surface area contributed by atoms with Gasteiger partial charge in [-0.1, -0.05) is 0 Å². The first-order valence-corrected chi connectivity index (χ1v) is 5.67. The van der Waals surface area contributed by atoms with Gasteiger partial charge in [-0.05, 0) is 38.3 Å². The summed E-state index contributed by atoms with van der Waals surface area (Å²) in [6.45, 7) is 2.13. The van der Waals surface area contributed by atoms with Crippen LogP contribution in [0.5, 0.6) is 0 Å². The number of aromatic nitrogens is 1. The second kappa shape index (κ2) is 4.24. The molecule has 1 saturated carbocycles. The molecule has 0 spiro atoms. The fraction of sp³-hybridized carbons (Fsp3) is 0.500. The summed E-state index contributed by atoms with van der Waals surface area (Å²) in [5.74, 6) is 0.113. The number of rotatable bonds is 3. The lowest BCUT2D eigenvalue weighted by Crippen LogP contribution is -2.42. The Morgan fingerprint density at radius 1 is 1.53 bits per heavy atom. The number of nitrogens with two attached hydrogens (primary N) is 1. The standard InChI is InChI=1S/C12H17N3O2/c1-12(6-3-7-12)15-10-8(13)4-5-9(14-10)11(16)17-2/h4-5H,3,6-7,13H2,1-2H3,(H,14,15). The number of nitrogens with one attached hydrogen (secondary N) is 1. The molecule has 1 heterocycles. The third-order valence-electron chi connectivity index (χ3n) is 3.20. The number of carbonyl (C=O) groups is 1. The maximum absolute atomic E-state index is 11.4. The van der Waals surface area contributed by atoms with Gasteiger partial charge >= 0.3 is 5.97 Å². The molecule has 0 aliphatic heterocycles. The van der Waals surface area contributed by atoms with Crippen LogP contribution in [-0.2, 0) is 4.74 Å². The predicted octanol–water partition coefficient (Wildman–Crippen LogP) is 1.80. The number of nitrogens with zero attached hydrogens (tertiary/aromatic N) is 1. The molecule has 17 heavy (non-hydrogen) atoms. The van der Waals surface area contributed by atoms with Gasteiger partial charge in [0.05, 0.1) is 12.8 Å². The van der Waals surface area contributed by atoms with Gasteiger partial charge in [-0.3, -0.25) is 0 Å². The Bertz CT molecular complexity index is 441. The van der Waals surface area contributed by atoms with E-state index in [9.17, 15) is 4.79 Å². The van der Waals surface area contributed by atoms with Crippen molar-refractivity contribution in [3.8, 4) is 0 Å². The number of pyridine rings is 1. The molecule has 2 rings (SSSR count). The molecule has 92 valence electrons. The Labute approximate surface area is 100 Å². The molecular weight excluding hydrogens is 218 g/mol. The van der Waals surface area contributed by atoms with E-state index in [1.807, 2.05) is 0 Å². The predicted molar refractivity (Wildman–Crippen MR) is 65.9 cm³/mol. The van der Waals surface area contributed by atoms with Crippen LogP contribution in [0.4, 0.5) is 11.5 Å². The minimum atomic E-state index is -0.452. The van der Waals surface area contributed by atoms with E-state index in [-0.39, 0.29) is 11.2 Å². The van der Waals surface area contributed by atoms with Gasteiger partial charge in [-0.2, -0.15) is 0 Å². The van der Waals surface area contributed by atoms with E-state index in [0.29, 0.717) is 11.5 Å². The van der Waals surface area contributed by atoms with Crippen molar-refractivity contribution >= 4 is 17.5 Å².